The van der Waals surface area contributed by atoms with Gasteiger partial charge < -0.3 is 4.74 Å². The van der Waals surface area contributed by atoms with Crippen LogP contribution in [-0.4, -0.2) is 22.0 Å². The minimum Gasteiger partial charge on any atom is -0.496 e. The second kappa shape index (κ2) is 6.29. The van der Waals surface area contributed by atoms with E-state index in [1.807, 2.05) is 11.4 Å². The third kappa shape index (κ3) is 2.88. The van der Waals surface area contributed by atoms with Gasteiger partial charge in [-0.3, -0.25) is 10.1 Å². The van der Waals surface area contributed by atoms with Gasteiger partial charge in [0.05, 0.1) is 22.2 Å². The van der Waals surface area contributed by atoms with Gasteiger partial charge in [-0.25, -0.2) is 9.97 Å². The maximum Gasteiger partial charge on any atom is 0.270 e. The molecule has 6 nitrogen and oxygen atoms in total. The second-order valence-corrected chi connectivity index (χ2v) is 6.24. The van der Waals surface area contributed by atoms with Gasteiger partial charge in [0, 0.05) is 23.4 Å². The SMILES string of the molecule is COc1ccc([N+](=O)[O-])cc1CSc1ncnc2ccsc12. The number of nitro benzene ring substituents is 1. The molecule has 0 radical (unpaired) electrons. The van der Waals surface area contributed by atoms with Gasteiger partial charge in [-0.15, -0.1) is 11.3 Å². The van der Waals surface area contributed by atoms with Gasteiger partial charge in [-0.05, 0) is 17.5 Å². The van der Waals surface area contributed by atoms with Crippen molar-refractivity contribution in [3.05, 3.63) is 51.7 Å². The van der Waals surface area contributed by atoms with Crippen LogP contribution in [0.3, 0.4) is 0 Å². The Morgan fingerprint density at radius 3 is 3.00 bits per heavy atom. The van der Waals surface area contributed by atoms with Crippen molar-refractivity contribution in [2.45, 2.75) is 10.8 Å². The number of fused-ring (bicyclic) bond motifs is 1. The molecular formula is C14H11N3O3S2. The number of rotatable bonds is 5. The van der Waals surface area contributed by atoms with Gasteiger partial charge >= 0.3 is 0 Å². The Morgan fingerprint density at radius 2 is 2.23 bits per heavy atom. The minimum absolute atomic E-state index is 0.0559. The Labute approximate surface area is 134 Å². The summed E-state index contributed by atoms with van der Waals surface area (Å²) in [6, 6.07) is 6.54. The summed E-state index contributed by atoms with van der Waals surface area (Å²) in [4.78, 5) is 19.0. The Hall–Kier alpha value is -2.19. The van der Waals surface area contributed by atoms with Crippen molar-refractivity contribution in [2.24, 2.45) is 0 Å². The van der Waals surface area contributed by atoms with Crippen LogP contribution >= 0.6 is 23.1 Å². The van der Waals surface area contributed by atoms with E-state index in [0.29, 0.717) is 11.5 Å². The fraction of sp³-hybridized carbons (Fsp3) is 0.143. The standard InChI is InChI=1S/C14H11N3O3S2/c1-20-12-3-2-10(17(18)19)6-9(12)7-22-14-13-11(4-5-21-13)15-8-16-14/h2-6,8H,7H2,1H3. The Morgan fingerprint density at radius 1 is 1.36 bits per heavy atom. The molecule has 0 saturated carbocycles. The molecule has 0 N–H and O–H groups in total. The lowest BCUT2D eigenvalue weighted by molar-refractivity contribution is -0.384. The smallest absolute Gasteiger partial charge is 0.270 e. The molecule has 0 atom stereocenters. The zero-order valence-corrected chi connectivity index (χ0v) is 13.2. The molecule has 3 aromatic rings. The molecule has 22 heavy (non-hydrogen) atoms. The molecular weight excluding hydrogens is 322 g/mol. The van der Waals surface area contributed by atoms with Gasteiger partial charge in [0.25, 0.3) is 5.69 Å². The van der Waals surface area contributed by atoms with Crippen molar-refractivity contribution < 1.29 is 9.66 Å². The van der Waals surface area contributed by atoms with Crippen molar-refractivity contribution in [1.82, 2.24) is 9.97 Å². The Kier molecular flexibility index (Phi) is 4.21. The lowest BCUT2D eigenvalue weighted by atomic mass is 10.2. The van der Waals surface area contributed by atoms with Crippen LogP contribution in [0.4, 0.5) is 5.69 Å². The van der Waals surface area contributed by atoms with E-state index < -0.39 is 4.92 Å². The lowest BCUT2D eigenvalue weighted by Crippen LogP contribution is -1.94. The number of nitro groups is 1. The third-order valence-electron chi connectivity index (χ3n) is 3.05. The number of methoxy groups -OCH3 is 1. The molecule has 0 aliphatic heterocycles. The van der Waals surface area contributed by atoms with E-state index >= 15 is 0 Å². The Balaban J connectivity index is 1.88. The predicted molar refractivity (Wildman–Crippen MR) is 86.6 cm³/mol. The van der Waals surface area contributed by atoms with Gasteiger partial charge in [-0.2, -0.15) is 0 Å². The maximum absolute atomic E-state index is 10.9. The highest BCUT2D eigenvalue weighted by Gasteiger charge is 2.13. The van der Waals surface area contributed by atoms with Crippen LogP contribution in [0.15, 0.2) is 41.0 Å². The number of benzene rings is 1. The molecule has 2 aromatic heterocycles. The summed E-state index contributed by atoms with van der Waals surface area (Å²) in [5.74, 6) is 1.17. The van der Waals surface area contributed by atoms with E-state index in [2.05, 4.69) is 9.97 Å². The molecule has 0 aliphatic carbocycles. The first kappa shape index (κ1) is 14.7. The minimum atomic E-state index is -0.407. The van der Waals surface area contributed by atoms with E-state index in [-0.39, 0.29) is 5.69 Å². The first-order valence-corrected chi connectivity index (χ1v) is 8.18. The fourth-order valence-corrected chi connectivity index (χ4v) is 3.93. The number of ether oxygens (including phenoxy) is 1. The van der Waals surface area contributed by atoms with Gasteiger partial charge in [0.2, 0.25) is 0 Å². The van der Waals surface area contributed by atoms with Gasteiger partial charge in [0.15, 0.2) is 0 Å². The lowest BCUT2D eigenvalue weighted by Gasteiger charge is -2.08. The summed E-state index contributed by atoms with van der Waals surface area (Å²) < 4.78 is 6.30. The van der Waals surface area contributed by atoms with Crippen LogP contribution in [0.5, 0.6) is 5.75 Å². The first-order chi connectivity index (χ1) is 10.7. The molecule has 2 heterocycles. The summed E-state index contributed by atoms with van der Waals surface area (Å²) in [7, 11) is 1.55. The molecule has 0 unspecified atom stereocenters. The molecule has 0 saturated heterocycles. The topological polar surface area (TPSA) is 78.2 Å². The number of aromatic nitrogens is 2. The summed E-state index contributed by atoms with van der Waals surface area (Å²) >= 11 is 3.10. The maximum atomic E-state index is 10.9. The predicted octanol–water partition coefficient (Wildman–Crippen LogP) is 3.90. The van der Waals surface area contributed by atoms with Crippen molar-refractivity contribution in [3.8, 4) is 5.75 Å². The average molecular weight is 333 g/mol. The van der Waals surface area contributed by atoms with Crippen molar-refractivity contribution in [2.75, 3.05) is 7.11 Å². The second-order valence-electron chi connectivity index (χ2n) is 4.36. The van der Waals surface area contributed by atoms with Gasteiger partial charge in [-0.1, -0.05) is 11.8 Å². The highest BCUT2D eigenvalue weighted by molar-refractivity contribution is 7.98. The summed E-state index contributed by atoms with van der Waals surface area (Å²) in [5, 5.41) is 13.7. The highest BCUT2D eigenvalue weighted by atomic mass is 32.2. The van der Waals surface area contributed by atoms with Crippen molar-refractivity contribution >= 4 is 39.0 Å². The molecule has 0 bridgehead atoms. The molecule has 1 aromatic carbocycles. The Bertz CT molecular complexity index is 835. The fourth-order valence-electron chi connectivity index (χ4n) is 2.01. The molecule has 3 rings (SSSR count). The molecule has 0 fully saturated rings. The number of nitrogens with zero attached hydrogens (tertiary/aromatic N) is 3. The van der Waals surface area contributed by atoms with E-state index in [0.717, 1.165) is 20.8 Å². The summed E-state index contributed by atoms with van der Waals surface area (Å²) in [6.07, 6.45) is 1.53. The number of thioether (sulfide) groups is 1. The first-order valence-electron chi connectivity index (χ1n) is 6.31. The zero-order chi connectivity index (χ0) is 15.5. The number of thiophene rings is 1. The van der Waals surface area contributed by atoms with E-state index in [4.69, 9.17) is 4.74 Å². The number of hydrogen-bond donors (Lipinski definition) is 0. The van der Waals surface area contributed by atoms with E-state index in [1.54, 1.807) is 30.6 Å². The number of non-ortho nitro benzene ring substituents is 1. The van der Waals surface area contributed by atoms with E-state index in [1.165, 1.54) is 24.2 Å². The normalized spacial score (nSPS) is 10.8. The summed E-state index contributed by atoms with van der Waals surface area (Å²) in [6.45, 7) is 0. The zero-order valence-electron chi connectivity index (χ0n) is 11.6. The monoisotopic (exact) mass is 333 g/mol. The van der Waals surface area contributed by atoms with Crippen molar-refractivity contribution in [1.29, 1.82) is 0 Å². The van der Waals surface area contributed by atoms with Gasteiger partial charge in [0.1, 0.15) is 17.1 Å². The van der Waals surface area contributed by atoms with E-state index in [9.17, 15) is 10.1 Å². The molecule has 8 heteroatoms. The molecule has 0 spiro atoms. The van der Waals surface area contributed by atoms with Crippen LogP contribution in [0.25, 0.3) is 10.2 Å². The average Bonchev–Trinajstić information content (AvgIpc) is 3.01. The van der Waals surface area contributed by atoms with Crippen LogP contribution < -0.4 is 4.74 Å². The van der Waals surface area contributed by atoms with Crippen LogP contribution in [0.1, 0.15) is 5.56 Å². The molecule has 0 aliphatic rings. The van der Waals surface area contributed by atoms with Crippen LogP contribution in [-0.2, 0) is 5.75 Å². The molecule has 112 valence electrons. The summed E-state index contributed by atoms with van der Waals surface area (Å²) in [5.41, 5.74) is 1.74. The van der Waals surface area contributed by atoms with Crippen molar-refractivity contribution in [3.63, 3.8) is 0 Å². The third-order valence-corrected chi connectivity index (χ3v) is 5.13. The highest BCUT2D eigenvalue weighted by Crippen LogP contribution is 2.34. The van der Waals surface area contributed by atoms with Crippen LogP contribution in [0.2, 0.25) is 0 Å². The molecule has 0 amide bonds. The number of hydrogen-bond acceptors (Lipinski definition) is 7. The largest absolute Gasteiger partial charge is 0.496 e. The van der Waals surface area contributed by atoms with Crippen LogP contribution in [0, 0.1) is 10.1 Å². The quantitative estimate of drug-likeness (QED) is 0.305.